The maximum Gasteiger partial charge on any atom is 0.409 e. The predicted molar refractivity (Wildman–Crippen MR) is 125 cm³/mol. The molecule has 174 valence electrons. The third-order valence-corrected chi connectivity index (χ3v) is 5.65. The van der Waals surface area contributed by atoms with Crippen LogP contribution < -0.4 is 15.0 Å². The Balaban J connectivity index is 1.57. The van der Waals surface area contributed by atoms with Crippen LogP contribution in [-0.2, 0) is 11.3 Å². The minimum Gasteiger partial charge on any atom is -0.490 e. The van der Waals surface area contributed by atoms with Gasteiger partial charge >= 0.3 is 6.09 Å². The van der Waals surface area contributed by atoms with Gasteiger partial charge in [-0.15, -0.1) is 0 Å². The molecule has 0 unspecified atom stereocenters. The average Bonchev–Trinajstić information content (AvgIpc) is 2.83. The van der Waals surface area contributed by atoms with Gasteiger partial charge in [0.1, 0.15) is 6.10 Å². The van der Waals surface area contributed by atoms with Gasteiger partial charge < -0.3 is 19.1 Å². The molecule has 1 aliphatic heterocycles. The highest BCUT2D eigenvalue weighted by Crippen LogP contribution is 2.33. The number of hydrogen-bond donors (Lipinski definition) is 0. The molecule has 4 rings (SSSR count). The first kappa shape index (κ1) is 22.6. The Morgan fingerprint density at radius 2 is 1.82 bits per heavy atom. The number of nitrogens with zero attached hydrogens (tertiary/aromatic N) is 3. The van der Waals surface area contributed by atoms with Gasteiger partial charge in [-0.1, -0.05) is 30.3 Å². The van der Waals surface area contributed by atoms with E-state index in [0.717, 1.165) is 5.56 Å². The van der Waals surface area contributed by atoms with E-state index in [1.54, 1.807) is 34.9 Å². The van der Waals surface area contributed by atoms with Crippen LogP contribution in [-0.4, -0.2) is 53.0 Å². The molecule has 1 amide bonds. The molecule has 0 bridgehead atoms. The number of amides is 1. The summed E-state index contributed by atoms with van der Waals surface area (Å²) < 4.78 is 18.7. The average molecular weight is 452 g/mol. The van der Waals surface area contributed by atoms with Crippen molar-refractivity contribution in [2.45, 2.75) is 39.3 Å². The van der Waals surface area contributed by atoms with E-state index in [1.807, 2.05) is 37.3 Å². The lowest BCUT2D eigenvalue weighted by molar-refractivity contribution is 0.0691. The molecule has 8 heteroatoms. The van der Waals surface area contributed by atoms with Crippen molar-refractivity contribution in [1.29, 1.82) is 0 Å². The molecular weight excluding hydrogens is 422 g/mol. The molecule has 1 aromatic heterocycles. The summed E-state index contributed by atoms with van der Waals surface area (Å²) in [6.07, 6.45) is 2.54. The van der Waals surface area contributed by atoms with Crippen LogP contribution in [0.1, 0.15) is 32.3 Å². The van der Waals surface area contributed by atoms with Crippen LogP contribution in [0, 0.1) is 0 Å². The first-order valence-corrected chi connectivity index (χ1v) is 11.4. The number of rotatable bonds is 7. The monoisotopic (exact) mass is 451 g/mol. The summed E-state index contributed by atoms with van der Waals surface area (Å²) >= 11 is 0. The lowest BCUT2D eigenvalue weighted by Gasteiger charge is -2.31. The van der Waals surface area contributed by atoms with Crippen molar-refractivity contribution in [2.75, 3.05) is 26.3 Å². The number of benzene rings is 2. The maximum absolute atomic E-state index is 13.2. The van der Waals surface area contributed by atoms with Crippen LogP contribution >= 0.6 is 0 Å². The first-order valence-electron chi connectivity index (χ1n) is 11.4. The van der Waals surface area contributed by atoms with E-state index >= 15 is 0 Å². The van der Waals surface area contributed by atoms with E-state index in [1.165, 1.54) is 0 Å². The fourth-order valence-corrected chi connectivity index (χ4v) is 3.97. The third kappa shape index (κ3) is 5.27. The van der Waals surface area contributed by atoms with Crippen LogP contribution in [0.5, 0.6) is 11.5 Å². The number of hydrogen-bond acceptors (Lipinski definition) is 6. The largest absolute Gasteiger partial charge is 0.490 e. The SMILES string of the molecule is CCOC(=O)N1CCC(Oc2cc3c(=O)n(Cc4ccccc4)cnc3cc2OCC)CC1. The molecule has 0 aliphatic carbocycles. The standard InChI is InChI=1S/C25H29N3O5/c1-3-31-22-15-21-20(24(29)28(17-26-21)16-18-8-6-5-7-9-18)14-23(22)33-19-10-12-27(13-11-19)25(30)32-4-2/h5-9,14-15,17,19H,3-4,10-13,16H2,1-2H3. The van der Waals surface area contributed by atoms with Gasteiger partial charge in [-0.3, -0.25) is 9.36 Å². The zero-order valence-electron chi connectivity index (χ0n) is 19.0. The molecule has 2 aromatic carbocycles. The number of carbonyl (C=O) groups is 1. The topological polar surface area (TPSA) is 82.9 Å². The predicted octanol–water partition coefficient (Wildman–Crippen LogP) is 3.84. The molecule has 2 heterocycles. The molecule has 33 heavy (non-hydrogen) atoms. The van der Waals surface area contributed by atoms with E-state index in [9.17, 15) is 9.59 Å². The van der Waals surface area contributed by atoms with Gasteiger partial charge in [-0.25, -0.2) is 9.78 Å². The van der Waals surface area contributed by atoms with E-state index in [0.29, 0.717) is 68.1 Å². The van der Waals surface area contributed by atoms with Gasteiger partial charge in [0, 0.05) is 32.0 Å². The summed E-state index contributed by atoms with van der Waals surface area (Å²) in [6, 6.07) is 13.3. The number of likely N-dealkylation sites (tertiary alicyclic amines) is 1. The van der Waals surface area contributed by atoms with Crippen molar-refractivity contribution in [2.24, 2.45) is 0 Å². The number of fused-ring (bicyclic) bond motifs is 1. The van der Waals surface area contributed by atoms with Gasteiger partial charge in [0.05, 0.1) is 37.0 Å². The lowest BCUT2D eigenvalue weighted by Crippen LogP contribution is -2.42. The maximum atomic E-state index is 13.2. The van der Waals surface area contributed by atoms with Crippen molar-refractivity contribution < 1.29 is 19.0 Å². The normalized spacial score (nSPS) is 14.3. The second kappa shape index (κ2) is 10.4. The highest BCUT2D eigenvalue weighted by molar-refractivity contribution is 5.81. The summed E-state index contributed by atoms with van der Waals surface area (Å²) in [5.41, 5.74) is 1.46. The van der Waals surface area contributed by atoms with Crippen molar-refractivity contribution >= 4 is 17.0 Å². The van der Waals surface area contributed by atoms with Crippen LogP contribution in [0.25, 0.3) is 10.9 Å². The summed E-state index contributed by atoms with van der Waals surface area (Å²) in [5, 5.41) is 0.482. The van der Waals surface area contributed by atoms with Gasteiger partial charge in [0.15, 0.2) is 11.5 Å². The highest BCUT2D eigenvalue weighted by Gasteiger charge is 2.26. The van der Waals surface area contributed by atoms with Crippen LogP contribution in [0.4, 0.5) is 4.79 Å². The minimum absolute atomic E-state index is 0.0875. The van der Waals surface area contributed by atoms with Gasteiger partial charge in [-0.05, 0) is 25.5 Å². The first-order chi connectivity index (χ1) is 16.1. The van der Waals surface area contributed by atoms with Gasteiger partial charge in [0.2, 0.25) is 0 Å². The molecular formula is C25H29N3O5. The number of aromatic nitrogens is 2. The van der Waals surface area contributed by atoms with Gasteiger partial charge in [0.25, 0.3) is 5.56 Å². The number of carbonyl (C=O) groups excluding carboxylic acids is 1. The Labute approximate surface area is 192 Å². The van der Waals surface area contributed by atoms with Crippen LogP contribution in [0.15, 0.2) is 53.6 Å². The molecule has 0 N–H and O–H groups in total. The fourth-order valence-electron chi connectivity index (χ4n) is 3.97. The molecule has 0 spiro atoms. The Morgan fingerprint density at radius 1 is 1.06 bits per heavy atom. The lowest BCUT2D eigenvalue weighted by atomic mass is 10.1. The smallest absolute Gasteiger partial charge is 0.409 e. The van der Waals surface area contributed by atoms with E-state index in [4.69, 9.17) is 14.2 Å². The molecule has 0 atom stereocenters. The summed E-state index contributed by atoms with van der Waals surface area (Å²) in [5.74, 6) is 1.08. The molecule has 8 nitrogen and oxygen atoms in total. The minimum atomic E-state index is -0.290. The van der Waals surface area contributed by atoms with E-state index in [-0.39, 0.29) is 17.8 Å². The fraction of sp³-hybridized carbons (Fsp3) is 0.400. The molecule has 3 aromatic rings. The van der Waals surface area contributed by atoms with Crippen molar-refractivity contribution in [1.82, 2.24) is 14.5 Å². The quantitative estimate of drug-likeness (QED) is 0.543. The summed E-state index contributed by atoms with van der Waals surface area (Å²) in [4.78, 5) is 31.3. The molecule has 1 fully saturated rings. The highest BCUT2D eigenvalue weighted by atomic mass is 16.6. The summed E-state index contributed by atoms with van der Waals surface area (Å²) in [7, 11) is 0. The second-order valence-electron chi connectivity index (χ2n) is 7.92. The Kier molecular flexibility index (Phi) is 7.12. The van der Waals surface area contributed by atoms with Crippen LogP contribution in [0.3, 0.4) is 0 Å². The zero-order valence-corrected chi connectivity index (χ0v) is 19.0. The van der Waals surface area contributed by atoms with E-state index in [2.05, 4.69) is 4.98 Å². The Bertz CT molecular complexity index is 1150. The van der Waals surface area contributed by atoms with E-state index < -0.39 is 0 Å². The van der Waals surface area contributed by atoms with Crippen molar-refractivity contribution in [3.63, 3.8) is 0 Å². The second-order valence-corrected chi connectivity index (χ2v) is 7.92. The van der Waals surface area contributed by atoms with Crippen molar-refractivity contribution in [3.8, 4) is 11.5 Å². The summed E-state index contributed by atoms with van der Waals surface area (Å²) in [6.45, 7) is 6.09. The Morgan fingerprint density at radius 3 is 2.52 bits per heavy atom. The number of ether oxygens (including phenoxy) is 3. The van der Waals surface area contributed by atoms with Crippen molar-refractivity contribution in [3.05, 3.63) is 64.7 Å². The Hall–Kier alpha value is -3.55. The molecule has 1 saturated heterocycles. The molecule has 0 radical (unpaired) electrons. The number of piperidine rings is 1. The molecule has 0 saturated carbocycles. The molecule has 1 aliphatic rings. The zero-order chi connectivity index (χ0) is 23.2. The third-order valence-electron chi connectivity index (χ3n) is 5.65. The van der Waals surface area contributed by atoms with Gasteiger partial charge in [-0.2, -0.15) is 0 Å². The van der Waals surface area contributed by atoms with Crippen LogP contribution in [0.2, 0.25) is 0 Å².